The molecule has 0 saturated heterocycles. The molecule has 1 aromatic carbocycles. The standard InChI is InChI=1S/C26H23BrF3N3O/c1-15-6-9-31-22(11-15)23(17-4-5-17)33-10-7-18-20(12-16(14-27)13-21(18)25(33)34)19-3-2-8-32-24(19)26(28,29)30/h2-3,6,8-9,11-13,17,23H,4-5,7,10,14H2,1H3. The number of fused-ring (bicyclic) bond motifs is 1. The van der Waals surface area contributed by atoms with Gasteiger partial charge >= 0.3 is 6.18 Å². The third-order valence-electron chi connectivity index (χ3n) is 6.57. The van der Waals surface area contributed by atoms with Crippen molar-refractivity contribution in [3.63, 3.8) is 0 Å². The van der Waals surface area contributed by atoms with Gasteiger partial charge in [-0.3, -0.25) is 14.8 Å². The average Bonchev–Trinajstić information content (AvgIpc) is 3.65. The van der Waals surface area contributed by atoms with E-state index in [0.29, 0.717) is 40.9 Å². The van der Waals surface area contributed by atoms with Gasteiger partial charge in [0, 0.05) is 35.4 Å². The zero-order chi connectivity index (χ0) is 24.0. The predicted octanol–water partition coefficient (Wildman–Crippen LogP) is 6.52. The van der Waals surface area contributed by atoms with Crippen LogP contribution in [0.2, 0.25) is 0 Å². The summed E-state index contributed by atoms with van der Waals surface area (Å²) in [6, 6.07) is 10.3. The molecule has 1 amide bonds. The lowest BCUT2D eigenvalue weighted by atomic mass is 9.86. The summed E-state index contributed by atoms with van der Waals surface area (Å²) in [5.74, 6) is 0.205. The number of halogens is 4. The highest BCUT2D eigenvalue weighted by Gasteiger charge is 2.42. The highest BCUT2D eigenvalue weighted by molar-refractivity contribution is 9.08. The first-order valence-corrected chi connectivity index (χ1v) is 12.4. The summed E-state index contributed by atoms with van der Waals surface area (Å²) in [5, 5.41) is 0.424. The molecule has 2 aliphatic rings. The summed E-state index contributed by atoms with van der Waals surface area (Å²) in [6.07, 6.45) is 0.870. The van der Waals surface area contributed by atoms with Crippen LogP contribution in [0.1, 0.15) is 57.3 Å². The Morgan fingerprint density at radius 2 is 1.85 bits per heavy atom. The Labute approximate surface area is 204 Å². The number of hydrogen-bond donors (Lipinski definition) is 0. The van der Waals surface area contributed by atoms with Crippen molar-refractivity contribution in [1.29, 1.82) is 0 Å². The monoisotopic (exact) mass is 529 g/mol. The second kappa shape index (κ2) is 8.80. The van der Waals surface area contributed by atoms with Crippen molar-refractivity contribution in [3.8, 4) is 11.1 Å². The average molecular weight is 530 g/mol. The Hall–Kier alpha value is -2.74. The van der Waals surface area contributed by atoms with E-state index in [1.165, 1.54) is 12.1 Å². The van der Waals surface area contributed by atoms with Crippen LogP contribution in [-0.2, 0) is 17.9 Å². The van der Waals surface area contributed by atoms with Gasteiger partial charge in [0.25, 0.3) is 5.91 Å². The molecule has 2 aromatic heterocycles. The van der Waals surface area contributed by atoms with Gasteiger partial charge in [-0.2, -0.15) is 13.2 Å². The number of nitrogens with zero attached hydrogens (tertiary/aromatic N) is 3. The molecule has 176 valence electrons. The van der Waals surface area contributed by atoms with Gasteiger partial charge in [-0.1, -0.05) is 22.0 Å². The van der Waals surface area contributed by atoms with Gasteiger partial charge in [-0.15, -0.1) is 0 Å². The van der Waals surface area contributed by atoms with E-state index >= 15 is 0 Å². The summed E-state index contributed by atoms with van der Waals surface area (Å²) in [4.78, 5) is 23.9. The van der Waals surface area contributed by atoms with Crippen LogP contribution in [0.3, 0.4) is 0 Å². The third-order valence-corrected chi connectivity index (χ3v) is 7.22. The van der Waals surface area contributed by atoms with Gasteiger partial charge < -0.3 is 4.90 Å². The Morgan fingerprint density at radius 1 is 1.09 bits per heavy atom. The number of alkyl halides is 4. The van der Waals surface area contributed by atoms with Gasteiger partial charge in [-0.05, 0) is 84.7 Å². The van der Waals surface area contributed by atoms with Crippen LogP contribution in [0, 0.1) is 12.8 Å². The fourth-order valence-corrected chi connectivity index (χ4v) is 5.22. The highest BCUT2D eigenvalue weighted by Crippen LogP contribution is 2.46. The number of carbonyl (C=O) groups excluding carboxylic acids is 1. The fourth-order valence-electron chi connectivity index (χ4n) is 4.90. The lowest BCUT2D eigenvalue weighted by Gasteiger charge is -2.36. The zero-order valence-corrected chi connectivity index (χ0v) is 20.2. The molecule has 3 heterocycles. The molecule has 34 heavy (non-hydrogen) atoms. The van der Waals surface area contributed by atoms with Gasteiger partial charge in [0.2, 0.25) is 0 Å². The minimum Gasteiger partial charge on any atom is -0.329 e. The molecule has 1 aliphatic carbocycles. The van der Waals surface area contributed by atoms with E-state index in [4.69, 9.17) is 0 Å². The Bertz CT molecular complexity index is 1260. The van der Waals surface area contributed by atoms with E-state index in [1.54, 1.807) is 18.3 Å². The number of amides is 1. The minimum absolute atomic E-state index is 0.00870. The first kappa shape index (κ1) is 23.0. The molecule has 0 spiro atoms. The van der Waals surface area contributed by atoms with E-state index in [-0.39, 0.29) is 17.5 Å². The maximum atomic E-state index is 13.8. The third kappa shape index (κ3) is 4.24. The summed E-state index contributed by atoms with van der Waals surface area (Å²) >= 11 is 3.42. The minimum atomic E-state index is -4.59. The number of aromatic nitrogens is 2. The highest BCUT2D eigenvalue weighted by atomic mass is 79.9. The fraction of sp³-hybridized carbons (Fsp3) is 0.346. The molecular formula is C26H23BrF3N3O. The van der Waals surface area contributed by atoms with Gasteiger partial charge in [0.05, 0.1) is 11.7 Å². The number of hydrogen-bond acceptors (Lipinski definition) is 3. The van der Waals surface area contributed by atoms with Gasteiger partial charge in [-0.25, -0.2) is 0 Å². The Kier molecular flexibility index (Phi) is 5.96. The number of carbonyl (C=O) groups is 1. The smallest absolute Gasteiger partial charge is 0.329 e. The maximum absolute atomic E-state index is 13.8. The van der Waals surface area contributed by atoms with Crippen molar-refractivity contribution < 1.29 is 18.0 Å². The molecule has 3 aromatic rings. The normalized spacial score (nSPS) is 17.0. The quantitative estimate of drug-likeness (QED) is 0.353. The largest absolute Gasteiger partial charge is 0.433 e. The summed E-state index contributed by atoms with van der Waals surface area (Å²) in [7, 11) is 0. The number of benzene rings is 1. The topological polar surface area (TPSA) is 46.1 Å². The van der Waals surface area contributed by atoms with Gasteiger partial charge in [0.15, 0.2) is 5.69 Å². The van der Waals surface area contributed by atoms with Crippen molar-refractivity contribution in [2.75, 3.05) is 6.54 Å². The van der Waals surface area contributed by atoms with Crippen molar-refractivity contribution in [2.45, 2.75) is 43.7 Å². The van der Waals surface area contributed by atoms with Crippen LogP contribution in [-0.4, -0.2) is 27.3 Å². The van der Waals surface area contributed by atoms with Crippen molar-refractivity contribution in [1.82, 2.24) is 14.9 Å². The number of aryl methyl sites for hydroxylation is 1. The Balaban J connectivity index is 1.61. The van der Waals surface area contributed by atoms with Gasteiger partial charge in [0.1, 0.15) is 0 Å². The molecule has 0 radical (unpaired) electrons. The van der Waals surface area contributed by atoms with E-state index < -0.39 is 11.9 Å². The van der Waals surface area contributed by atoms with Crippen LogP contribution in [0.15, 0.2) is 48.8 Å². The van der Waals surface area contributed by atoms with Crippen LogP contribution < -0.4 is 0 Å². The summed E-state index contributed by atoms with van der Waals surface area (Å²) in [6.45, 7) is 2.44. The molecule has 8 heteroatoms. The lowest BCUT2D eigenvalue weighted by molar-refractivity contribution is -0.140. The Morgan fingerprint density at radius 3 is 2.53 bits per heavy atom. The molecule has 1 atom stereocenters. The van der Waals surface area contributed by atoms with Crippen molar-refractivity contribution in [2.24, 2.45) is 5.92 Å². The second-order valence-electron chi connectivity index (χ2n) is 8.99. The zero-order valence-electron chi connectivity index (χ0n) is 18.6. The molecule has 0 N–H and O–H groups in total. The molecule has 5 rings (SSSR count). The SMILES string of the molecule is Cc1ccnc(C(C2CC2)N2CCc3c(cc(CBr)cc3-c3cccnc3C(F)(F)F)C2=O)c1. The molecule has 4 nitrogen and oxygen atoms in total. The van der Waals surface area contributed by atoms with Crippen molar-refractivity contribution >= 4 is 21.8 Å². The summed E-state index contributed by atoms with van der Waals surface area (Å²) < 4.78 is 41.3. The number of rotatable bonds is 5. The van der Waals surface area contributed by atoms with E-state index in [0.717, 1.165) is 35.9 Å². The van der Waals surface area contributed by atoms with E-state index in [2.05, 4.69) is 25.9 Å². The van der Waals surface area contributed by atoms with E-state index in [1.807, 2.05) is 24.0 Å². The first-order chi connectivity index (χ1) is 16.3. The first-order valence-electron chi connectivity index (χ1n) is 11.3. The van der Waals surface area contributed by atoms with Crippen LogP contribution >= 0.6 is 15.9 Å². The molecule has 1 aliphatic heterocycles. The van der Waals surface area contributed by atoms with Crippen LogP contribution in [0.4, 0.5) is 13.2 Å². The van der Waals surface area contributed by atoms with Crippen LogP contribution in [0.25, 0.3) is 11.1 Å². The van der Waals surface area contributed by atoms with E-state index in [9.17, 15) is 18.0 Å². The molecule has 0 bridgehead atoms. The molecule has 1 saturated carbocycles. The predicted molar refractivity (Wildman–Crippen MR) is 126 cm³/mol. The lowest BCUT2D eigenvalue weighted by Crippen LogP contribution is -2.41. The number of pyridine rings is 2. The summed E-state index contributed by atoms with van der Waals surface area (Å²) in [5.41, 5.74) is 3.33. The molecular weight excluding hydrogens is 507 g/mol. The maximum Gasteiger partial charge on any atom is 0.433 e. The molecule has 1 unspecified atom stereocenters. The van der Waals surface area contributed by atoms with Crippen LogP contribution in [0.5, 0.6) is 0 Å². The second-order valence-corrected chi connectivity index (χ2v) is 9.55. The molecule has 1 fully saturated rings. The van der Waals surface area contributed by atoms with Crippen molar-refractivity contribution in [3.05, 3.63) is 82.4 Å².